The lowest BCUT2D eigenvalue weighted by Gasteiger charge is -2.20. The molecule has 5 nitrogen and oxygen atoms in total. The van der Waals surface area contributed by atoms with Gasteiger partial charge in [-0.15, -0.1) is 10.2 Å². The predicted molar refractivity (Wildman–Crippen MR) is 101 cm³/mol. The summed E-state index contributed by atoms with van der Waals surface area (Å²) in [4.78, 5) is 14.8. The van der Waals surface area contributed by atoms with Gasteiger partial charge in [0.2, 0.25) is 0 Å². The van der Waals surface area contributed by atoms with Gasteiger partial charge in [0.1, 0.15) is 0 Å². The first-order valence-electron chi connectivity index (χ1n) is 9.02. The maximum Gasteiger partial charge on any atom is 0.276 e. The second kappa shape index (κ2) is 7.64. The van der Waals surface area contributed by atoms with E-state index in [1.165, 1.54) is 31.2 Å². The first-order chi connectivity index (χ1) is 12.0. The third-order valence-corrected chi connectivity index (χ3v) is 4.73. The van der Waals surface area contributed by atoms with Crippen molar-refractivity contribution in [2.24, 2.45) is 0 Å². The molecule has 3 rings (SSSR count). The molecule has 1 amide bonds. The lowest BCUT2D eigenvalue weighted by atomic mass is 10.1. The Bertz CT molecular complexity index is 724. The quantitative estimate of drug-likeness (QED) is 0.918. The molecule has 5 heteroatoms. The highest BCUT2D eigenvalue weighted by Crippen LogP contribution is 2.23. The van der Waals surface area contributed by atoms with Crippen LogP contribution in [0.2, 0.25) is 0 Å². The fourth-order valence-corrected chi connectivity index (χ4v) is 3.47. The van der Waals surface area contributed by atoms with Gasteiger partial charge in [0.25, 0.3) is 5.91 Å². The zero-order valence-corrected chi connectivity index (χ0v) is 15.3. The summed E-state index contributed by atoms with van der Waals surface area (Å²) in [5.74, 6) is 0.645. The third kappa shape index (κ3) is 4.16. The van der Waals surface area contributed by atoms with Crippen LogP contribution in [0.15, 0.2) is 24.3 Å². The standard InChI is InChI=1S/C20H26N4O/c1-14-12-15(2)19(16(3)13-14)21-20(25)17-8-9-18(23-22-17)24-10-6-4-5-7-11-24/h8-9,12-13H,4-7,10-11H2,1-3H3,(H,21,25). The SMILES string of the molecule is Cc1cc(C)c(NC(=O)c2ccc(N3CCCCCC3)nn2)c(C)c1. The molecule has 0 radical (unpaired) electrons. The number of hydrogen-bond acceptors (Lipinski definition) is 4. The molecule has 0 spiro atoms. The van der Waals surface area contributed by atoms with Crippen LogP contribution in [0.25, 0.3) is 0 Å². The van der Waals surface area contributed by atoms with E-state index in [-0.39, 0.29) is 5.91 Å². The highest BCUT2D eigenvalue weighted by Gasteiger charge is 2.15. The van der Waals surface area contributed by atoms with Crippen molar-refractivity contribution >= 4 is 17.4 Å². The van der Waals surface area contributed by atoms with Gasteiger partial charge in [-0.05, 0) is 56.9 Å². The normalized spacial score (nSPS) is 14.9. The van der Waals surface area contributed by atoms with Gasteiger partial charge in [-0.3, -0.25) is 4.79 Å². The predicted octanol–water partition coefficient (Wildman–Crippen LogP) is 4.03. The number of rotatable bonds is 3. The molecule has 1 aromatic carbocycles. The van der Waals surface area contributed by atoms with Gasteiger partial charge in [0.05, 0.1) is 0 Å². The van der Waals surface area contributed by atoms with Crippen LogP contribution in [0.5, 0.6) is 0 Å². The van der Waals surface area contributed by atoms with Gasteiger partial charge in [0.15, 0.2) is 11.5 Å². The van der Waals surface area contributed by atoms with E-state index in [1.54, 1.807) is 6.07 Å². The summed E-state index contributed by atoms with van der Waals surface area (Å²) in [5, 5.41) is 11.4. The van der Waals surface area contributed by atoms with Gasteiger partial charge in [-0.25, -0.2) is 0 Å². The summed E-state index contributed by atoms with van der Waals surface area (Å²) >= 11 is 0. The molecule has 0 bridgehead atoms. The lowest BCUT2D eigenvalue weighted by Crippen LogP contribution is -2.25. The Morgan fingerprint density at radius 1 is 0.960 bits per heavy atom. The molecule has 0 atom stereocenters. The van der Waals surface area contributed by atoms with E-state index in [9.17, 15) is 4.79 Å². The van der Waals surface area contributed by atoms with Crippen molar-refractivity contribution in [3.05, 3.63) is 46.6 Å². The largest absolute Gasteiger partial charge is 0.355 e. The number of aromatic nitrogens is 2. The van der Waals surface area contributed by atoms with Crippen LogP contribution in [-0.4, -0.2) is 29.2 Å². The molecule has 2 aromatic rings. The minimum absolute atomic E-state index is 0.218. The summed E-state index contributed by atoms with van der Waals surface area (Å²) in [7, 11) is 0. The fraction of sp³-hybridized carbons (Fsp3) is 0.450. The smallest absolute Gasteiger partial charge is 0.276 e. The van der Waals surface area contributed by atoms with Gasteiger partial charge < -0.3 is 10.2 Å². The van der Waals surface area contributed by atoms with E-state index in [2.05, 4.69) is 39.5 Å². The van der Waals surface area contributed by atoms with E-state index in [1.807, 2.05) is 19.9 Å². The van der Waals surface area contributed by atoms with Gasteiger partial charge in [0, 0.05) is 18.8 Å². The van der Waals surface area contributed by atoms with Crippen LogP contribution in [0.4, 0.5) is 11.5 Å². The van der Waals surface area contributed by atoms with E-state index >= 15 is 0 Å². The van der Waals surface area contributed by atoms with E-state index in [0.717, 1.165) is 35.7 Å². The van der Waals surface area contributed by atoms with Crippen LogP contribution in [0, 0.1) is 20.8 Å². The van der Waals surface area contributed by atoms with Gasteiger partial charge in [-0.2, -0.15) is 0 Å². The Morgan fingerprint density at radius 3 is 2.16 bits per heavy atom. The highest BCUT2D eigenvalue weighted by molar-refractivity contribution is 6.03. The number of carbonyl (C=O) groups excluding carboxylic acids is 1. The average molecular weight is 338 g/mol. The third-order valence-electron chi connectivity index (χ3n) is 4.73. The van der Waals surface area contributed by atoms with Crippen molar-refractivity contribution in [1.82, 2.24) is 10.2 Å². The second-order valence-electron chi connectivity index (χ2n) is 6.91. The number of aryl methyl sites for hydroxylation is 3. The number of benzene rings is 1. The minimum Gasteiger partial charge on any atom is -0.355 e. The summed E-state index contributed by atoms with van der Waals surface area (Å²) in [6.45, 7) is 8.09. The zero-order chi connectivity index (χ0) is 17.8. The average Bonchev–Trinajstić information content (AvgIpc) is 2.87. The van der Waals surface area contributed by atoms with Crippen molar-refractivity contribution in [1.29, 1.82) is 0 Å². The van der Waals surface area contributed by atoms with Crippen LogP contribution in [-0.2, 0) is 0 Å². The Morgan fingerprint density at radius 2 is 1.60 bits per heavy atom. The number of nitrogens with zero attached hydrogens (tertiary/aromatic N) is 3. The summed E-state index contributed by atoms with van der Waals surface area (Å²) < 4.78 is 0. The molecule has 132 valence electrons. The Kier molecular flexibility index (Phi) is 5.31. The number of carbonyl (C=O) groups is 1. The number of amides is 1. The zero-order valence-electron chi connectivity index (χ0n) is 15.3. The molecule has 25 heavy (non-hydrogen) atoms. The maximum atomic E-state index is 12.5. The topological polar surface area (TPSA) is 58.1 Å². The van der Waals surface area contributed by atoms with E-state index < -0.39 is 0 Å². The van der Waals surface area contributed by atoms with Crippen molar-refractivity contribution < 1.29 is 4.79 Å². The van der Waals surface area contributed by atoms with Gasteiger partial charge in [-0.1, -0.05) is 30.5 Å². The van der Waals surface area contributed by atoms with Crippen LogP contribution < -0.4 is 10.2 Å². The molecule has 1 aliphatic rings. The van der Waals surface area contributed by atoms with E-state index in [0.29, 0.717) is 5.69 Å². The Labute approximate surface area is 149 Å². The van der Waals surface area contributed by atoms with Crippen molar-refractivity contribution in [2.45, 2.75) is 46.5 Å². The summed E-state index contributed by atoms with van der Waals surface area (Å²) in [5.41, 5.74) is 4.50. The molecule has 1 fully saturated rings. The first-order valence-corrected chi connectivity index (χ1v) is 9.02. The molecule has 1 aliphatic heterocycles. The number of anilines is 2. The molecule has 0 unspecified atom stereocenters. The molecule has 1 aromatic heterocycles. The van der Waals surface area contributed by atoms with Gasteiger partial charge >= 0.3 is 0 Å². The highest BCUT2D eigenvalue weighted by atomic mass is 16.1. The van der Waals surface area contributed by atoms with E-state index in [4.69, 9.17) is 0 Å². The fourth-order valence-electron chi connectivity index (χ4n) is 3.47. The maximum absolute atomic E-state index is 12.5. The molecule has 1 saturated heterocycles. The monoisotopic (exact) mass is 338 g/mol. The summed E-state index contributed by atoms with van der Waals surface area (Å²) in [6.07, 6.45) is 4.94. The van der Waals surface area contributed by atoms with Crippen LogP contribution in [0.3, 0.4) is 0 Å². The minimum atomic E-state index is -0.218. The number of nitrogens with one attached hydrogen (secondary N) is 1. The molecule has 1 N–H and O–H groups in total. The molecular weight excluding hydrogens is 312 g/mol. The molecule has 2 heterocycles. The lowest BCUT2D eigenvalue weighted by molar-refractivity contribution is 0.102. The molecular formula is C20H26N4O. The summed E-state index contributed by atoms with van der Waals surface area (Å²) in [6, 6.07) is 7.80. The number of hydrogen-bond donors (Lipinski definition) is 1. The Balaban J connectivity index is 1.73. The van der Waals surface area contributed by atoms with Crippen LogP contribution in [0.1, 0.15) is 52.9 Å². The van der Waals surface area contributed by atoms with Crippen molar-refractivity contribution in [3.63, 3.8) is 0 Å². The first kappa shape index (κ1) is 17.4. The molecule has 0 saturated carbocycles. The molecule has 0 aliphatic carbocycles. The van der Waals surface area contributed by atoms with Crippen molar-refractivity contribution in [3.8, 4) is 0 Å². The van der Waals surface area contributed by atoms with Crippen molar-refractivity contribution in [2.75, 3.05) is 23.3 Å². The second-order valence-corrected chi connectivity index (χ2v) is 6.91. The van der Waals surface area contributed by atoms with Crippen LogP contribution >= 0.6 is 0 Å². The Hall–Kier alpha value is -2.43.